The number of hydrogen-bond acceptors (Lipinski definition) is 1. The monoisotopic (exact) mass is 204 g/mol. The first kappa shape index (κ1) is 10.7. The van der Waals surface area contributed by atoms with Gasteiger partial charge in [0.2, 0.25) is 0 Å². The third-order valence-corrected chi connectivity index (χ3v) is 3.86. The molecule has 1 nitrogen and oxygen atoms in total. The van der Waals surface area contributed by atoms with Gasteiger partial charge in [0.15, 0.2) is 0 Å². The van der Waals surface area contributed by atoms with Crippen molar-refractivity contribution in [3.8, 4) is 0 Å². The first-order valence-corrected chi connectivity index (χ1v) is 5.81. The number of benzene rings is 1. The minimum atomic E-state index is 0.0630. The molecule has 1 atom stereocenters. The van der Waals surface area contributed by atoms with Crippen LogP contribution < -0.4 is 0 Å². The summed E-state index contributed by atoms with van der Waals surface area (Å²) in [5.41, 5.74) is 3.05. The molecule has 0 radical (unpaired) electrons. The minimum Gasteiger partial charge on any atom is -0.396 e. The van der Waals surface area contributed by atoms with E-state index in [1.165, 1.54) is 24.0 Å². The Kier molecular flexibility index (Phi) is 2.83. The lowest BCUT2D eigenvalue weighted by Gasteiger charge is -2.36. The van der Waals surface area contributed by atoms with E-state index in [1.807, 2.05) is 0 Å². The van der Waals surface area contributed by atoms with Gasteiger partial charge in [-0.2, -0.15) is 0 Å². The molecule has 0 aliphatic heterocycles. The highest BCUT2D eigenvalue weighted by atomic mass is 16.3. The zero-order chi connectivity index (χ0) is 10.9. The highest BCUT2D eigenvalue weighted by Gasteiger charge is 2.31. The molecule has 2 rings (SSSR count). The van der Waals surface area contributed by atoms with Crippen LogP contribution in [0.5, 0.6) is 0 Å². The van der Waals surface area contributed by atoms with Crippen LogP contribution in [0, 0.1) is 11.3 Å². The Labute approximate surface area is 92.1 Å². The molecule has 0 amide bonds. The summed E-state index contributed by atoms with van der Waals surface area (Å²) in [6, 6.07) is 8.70. The molecule has 0 saturated heterocycles. The van der Waals surface area contributed by atoms with E-state index in [0.717, 1.165) is 6.42 Å². The Morgan fingerprint density at radius 1 is 1.27 bits per heavy atom. The molecule has 0 heterocycles. The molecule has 0 fully saturated rings. The zero-order valence-electron chi connectivity index (χ0n) is 9.66. The summed E-state index contributed by atoms with van der Waals surface area (Å²) in [5.74, 6) is 0.623. The van der Waals surface area contributed by atoms with Crippen molar-refractivity contribution in [2.45, 2.75) is 33.1 Å². The smallest absolute Gasteiger partial charge is 0.0484 e. The van der Waals surface area contributed by atoms with Crippen molar-refractivity contribution in [1.29, 1.82) is 0 Å². The third kappa shape index (κ3) is 2.07. The first-order valence-electron chi connectivity index (χ1n) is 5.81. The van der Waals surface area contributed by atoms with Crippen LogP contribution >= 0.6 is 0 Å². The SMILES string of the molecule is CC(C)(CO)C1CCc2ccccc2C1. The van der Waals surface area contributed by atoms with E-state index in [9.17, 15) is 5.11 Å². The Balaban J connectivity index is 2.19. The molecule has 0 bridgehead atoms. The maximum Gasteiger partial charge on any atom is 0.0484 e. The molecular weight excluding hydrogens is 184 g/mol. The summed E-state index contributed by atoms with van der Waals surface area (Å²) < 4.78 is 0. The van der Waals surface area contributed by atoms with E-state index in [0.29, 0.717) is 12.5 Å². The molecule has 1 unspecified atom stereocenters. The second kappa shape index (κ2) is 3.97. The van der Waals surface area contributed by atoms with Crippen molar-refractivity contribution >= 4 is 0 Å². The Morgan fingerprint density at radius 2 is 1.93 bits per heavy atom. The van der Waals surface area contributed by atoms with Crippen molar-refractivity contribution < 1.29 is 5.11 Å². The molecule has 0 saturated carbocycles. The van der Waals surface area contributed by atoms with E-state index >= 15 is 0 Å². The summed E-state index contributed by atoms with van der Waals surface area (Å²) in [6.45, 7) is 4.64. The molecule has 0 spiro atoms. The summed E-state index contributed by atoms with van der Waals surface area (Å²) in [6.07, 6.45) is 3.51. The largest absolute Gasteiger partial charge is 0.396 e. The van der Waals surface area contributed by atoms with Crippen LogP contribution in [0.4, 0.5) is 0 Å². The van der Waals surface area contributed by atoms with Crippen LogP contribution in [0.15, 0.2) is 24.3 Å². The highest BCUT2D eigenvalue weighted by molar-refractivity contribution is 5.30. The Bertz CT molecular complexity index is 341. The van der Waals surface area contributed by atoms with E-state index in [2.05, 4.69) is 38.1 Å². The van der Waals surface area contributed by atoms with Gasteiger partial charge < -0.3 is 5.11 Å². The van der Waals surface area contributed by atoms with Crippen LogP contribution in [0.2, 0.25) is 0 Å². The van der Waals surface area contributed by atoms with E-state index in [4.69, 9.17) is 0 Å². The topological polar surface area (TPSA) is 20.2 Å². The lowest BCUT2D eigenvalue weighted by molar-refractivity contribution is 0.0875. The van der Waals surface area contributed by atoms with Gasteiger partial charge in [0.25, 0.3) is 0 Å². The van der Waals surface area contributed by atoms with Crippen molar-refractivity contribution in [2.24, 2.45) is 11.3 Å². The summed E-state index contributed by atoms with van der Waals surface area (Å²) in [7, 11) is 0. The molecule has 1 aliphatic rings. The van der Waals surface area contributed by atoms with E-state index in [-0.39, 0.29) is 5.41 Å². The second-order valence-electron chi connectivity index (χ2n) is 5.36. The summed E-state index contributed by atoms with van der Waals surface area (Å²) in [5, 5.41) is 9.39. The summed E-state index contributed by atoms with van der Waals surface area (Å²) in [4.78, 5) is 0. The van der Waals surface area contributed by atoms with Gasteiger partial charge in [0.05, 0.1) is 0 Å². The van der Waals surface area contributed by atoms with Crippen LogP contribution in [0.1, 0.15) is 31.4 Å². The number of aliphatic hydroxyl groups is 1. The van der Waals surface area contributed by atoms with E-state index < -0.39 is 0 Å². The molecule has 1 N–H and O–H groups in total. The van der Waals surface area contributed by atoms with Crippen LogP contribution in [0.25, 0.3) is 0 Å². The third-order valence-electron chi connectivity index (χ3n) is 3.86. The number of fused-ring (bicyclic) bond motifs is 1. The van der Waals surface area contributed by atoms with Gasteiger partial charge in [0.1, 0.15) is 0 Å². The average Bonchev–Trinajstić information content (AvgIpc) is 2.28. The van der Waals surface area contributed by atoms with Gasteiger partial charge >= 0.3 is 0 Å². The van der Waals surface area contributed by atoms with Crippen molar-refractivity contribution in [1.82, 2.24) is 0 Å². The van der Waals surface area contributed by atoms with Gasteiger partial charge in [-0.05, 0) is 41.7 Å². The van der Waals surface area contributed by atoms with Crippen molar-refractivity contribution in [3.05, 3.63) is 35.4 Å². The van der Waals surface area contributed by atoms with Gasteiger partial charge in [-0.15, -0.1) is 0 Å². The molecular formula is C14H20O. The molecule has 82 valence electrons. The maximum absolute atomic E-state index is 9.39. The molecule has 1 aromatic rings. The standard InChI is InChI=1S/C14H20O/c1-14(2,10-15)13-8-7-11-5-3-4-6-12(11)9-13/h3-6,13,15H,7-10H2,1-2H3. The van der Waals surface area contributed by atoms with Crippen LogP contribution in [0.3, 0.4) is 0 Å². The molecule has 1 heteroatoms. The maximum atomic E-state index is 9.39. The normalized spacial score (nSPS) is 21.1. The predicted molar refractivity (Wildman–Crippen MR) is 62.8 cm³/mol. The fraction of sp³-hybridized carbons (Fsp3) is 0.571. The van der Waals surface area contributed by atoms with Gasteiger partial charge in [-0.3, -0.25) is 0 Å². The second-order valence-corrected chi connectivity index (χ2v) is 5.36. The van der Waals surface area contributed by atoms with Crippen molar-refractivity contribution in [3.63, 3.8) is 0 Å². The fourth-order valence-electron chi connectivity index (χ4n) is 2.49. The number of aryl methyl sites for hydroxylation is 1. The number of rotatable bonds is 2. The lowest BCUT2D eigenvalue weighted by atomic mass is 9.70. The first-order chi connectivity index (χ1) is 7.13. The molecule has 1 aliphatic carbocycles. The lowest BCUT2D eigenvalue weighted by Crippen LogP contribution is -2.32. The summed E-state index contributed by atoms with van der Waals surface area (Å²) >= 11 is 0. The molecule has 0 aromatic heterocycles. The molecule has 1 aromatic carbocycles. The fourth-order valence-corrected chi connectivity index (χ4v) is 2.49. The van der Waals surface area contributed by atoms with Gasteiger partial charge in [0, 0.05) is 6.61 Å². The minimum absolute atomic E-state index is 0.0630. The van der Waals surface area contributed by atoms with E-state index in [1.54, 1.807) is 0 Å². The van der Waals surface area contributed by atoms with Crippen LogP contribution in [-0.2, 0) is 12.8 Å². The Hall–Kier alpha value is -0.820. The number of hydrogen-bond donors (Lipinski definition) is 1. The molecule has 15 heavy (non-hydrogen) atoms. The average molecular weight is 204 g/mol. The highest BCUT2D eigenvalue weighted by Crippen LogP contribution is 2.37. The zero-order valence-corrected chi connectivity index (χ0v) is 9.66. The van der Waals surface area contributed by atoms with Crippen LogP contribution in [-0.4, -0.2) is 11.7 Å². The van der Waals surface area contributed by atoms with Crippen molar-refractivity contribution in [2.75, 3.05) is 6.61 Å². The van der Waals surface area contributed by atoms with Gasteiger partial charge in [-0.1, -0.05) is 38.1 Å². The van der Waals surface area contributed by atoms with Gasteiger partial charge in [-0.25, -0.2) is 0 Å². The Morgan fingerprint density at radius 3 is 2.60 bits per heavy atom. The number of aliphatic hydroxyl groups excluding tert-OH is 1. The predicted octanol–water partition coefficient (Wildman–Crippen LogP) is 2.81. The quantitative estimate of drug-likeness (QED) is 0.785.